The zero-order valence-corrected chi connectivity index (χ0v) is 12.4. The number of hydrogen-bond donors (Lipinski definition) is 1. The van der Waals surface area contributed by atoms with E-state index in [1.54, 1.807) is 0 Å². The number of carboxylic acid groups (broad SMARTS) is 1. The minimum Gasteiger partial charge on any atom is -0.481 e. The van der Waals surface area contributed by atoms with E-state index in [1.807, 2.05) is 25.7 Å². The van der Waals surface area contributed by atoms with Crippen LogP contribution >= 0.6 is 0 Å². The van der Waals surface area contributed by atoms with Gasteiger partial charge >= 0.3 is 12.1 Å². The van der Waals surface area contributed by atoms with Gasteiger partial charge in [-0.3, -0.25) is 9.69 Å². The molecule has 0 fully saturated rings. The molecule has 0 aliphatic heterocycles. The van der Waals surface area contributed by atoms with Crippen LogP contribution in [0.3, 0.4) is 0 Å². The molecule has 0 saturated carbocycles. The van der Waals surface area contributed by atoms with Crippen molar-refractivity contribution in [2.24, 2.45) is 0 Å². The Hall–Kier alpha value is -1.56. The first-order chi connectivity index (χ1) is 9.50. The molecule has 0 spiro atoms. The highest BCUT2D eigenvalue weighted by Gasteiger charge is 2.30. The van der Waals surface area contributed by atoms with Crippen molar-refractivity contribution in [3.8, 4) is 0 Å². The first-order valence-corrected chi connectivity index (χ1v) is 6.63. The lowest BCUT2D eigenvalue weighted by atomic mass is 10.0. The summed E-state index contributed by atoms with van der Waals surface area (Å²) in [6.07, 6.45) is -4.34. The van der Waals surface area contributed by atoms with Crippen LogP contribution in [0, 0.1) is 0 Å². The fraction of sp³-hybridized carbons (Fsp3) is 0.533. The number of benzene rings is 1. The maximum Gasteiger partial charge on any atom is 0.416 e. The first-order valence-electron chi connectivity index (χ1n) is 6.63. The largest absolute Gasteiger partial charge is 0.481 e. The SMILES string of the molecule is CC(C)(C)N(CCC(=O)O)Cc1ccc(C(F)(F)F)cc1. The average Bonchev–Trinajstić information content (AvgIpc) is 2.32. The molecule has 0 radical (unpaired) electrons. The Labute approximate surface area is 122 Å². The highest BCUT2D eigenvalue weighted by atomic mass is 19.4. The number of carboxylic acids is 1. The third kappa shape index (κ3) is 5.75. The van der Waals surface area contributed by atoms with Gasteiger partial charge in [-0.2, -0.15) is 13.2 Å². The highest BCUT2D eigenvalue weighted by molar-refractivity contribution is 5.66. The monoisotopic (exact) mass is 303 g/mol. The van der Waals surface area contributed by atoms with Crippen LogP contribution < -0.4 is 0 Å². The second-order valence-electron chi connectivity index (χ2n) is 5.93. The van der Waals surface area contributed by atoms with E-state index in [-0.39, 0.29) is 12.0 Å². The molecular formula is C15H20F3NO2. The summed E-state index contributed by atoms with van der Waals surface area (Å²) in [5.41, 5.74) is -0.222. The van der Waals surface area contributed by atoms with Crippen molar-refractivity contribution in [2.75, 3.05) is 6.54 Å². The Morgan fingerprint density at radius 2 is 1.67 bits per heavy atom. The molecule has 0 atom stereocenters. The standard InChI is InChI=1S/C15H20F3NO2/c1-14(2,3)19(9-8-13(20)21)10-11-4-6-12(7-5-11)15(16,17)18/h4-7H,8-10H2,1-3H3,(H,20,21). The van der Waals surface area contributed by atoms with Crippen molar-refractivity contribution in [1.82, 2.24) is 4.90 Å². The Bertz CT molecular complexity index is 475. The topological polar surface area (TPSA) is 40.5 Å². The van der Waals surface area contributed by atoms with Crippen molar-refractivity contribution in [3.05, 3.63) is 35.4 Å². The van der Waals surface area contributed by atoms with Gasteiger partial charge in [0, 0.05) is 18.6 Å². The van der Waals surface area contributed by atoms with Gasteiger partial charge in [-0.25, -0.2) is 0 Å². The fourth-order valence-corrected chi connectivity index (χ4v) is 1.90. The summed E-state index contributed by atoms with van der Waals surface area (Å²) in [5.74, 6) is -0.892. The predicted octanol–water partition coefficient (Wildman–Crippen LogP) is 3.78. The molecule has 118 valence electrons. The molecule has 0 heterocycles. The lowest BCUT2D eigenvalue weighted by molar-refractivity contribution is -0.138. The van der Waals surface area contributed by atoms with Gasteiger partial charge in [0.1, 0.15) is 0 Å². The van der Waals surface area contributed by atoms with Crippen LogP contribution in [0.2, 0.25) is 0 Å². The van der Waals surface area contributed by atoms with Gasteiger partial charge in [0.15, 0.2) is 0 Å². The van der Waals surface area contributed by atoms with Gasteiger partial charge in [-0.15, -0.1) is 0 Å². The molecular weight excluding hydrogens is 283 g/mol. The minimum absolute atomic E-state index is 0.00208. The summed E-state index contributed by atoms with van der Waals surface area (Å²) in [4.78, 5) is 12.6. The molecule has 1 aromatic carbocycles. The molecule has 0 aromatic heterocycles. The van der Waals surface area contributed by atoms with E-state index >= 15 is 0 Å². The molecule has 21 heavy (non-hydrogen) atoms. The number of nitrogens with zero attached hydrogens (tertiary/aromatic N) is 1. The van der Waals surface area contributed by atoms with Gasteiger partial charge in [0.2, 0.25) is 0 Å². The molecule has 0 aliphatic carbocycles. The normalized spacial score (nSPS) is 12.7. The number of halogens is 3. The Morgan fingerprint density at radius 1 is 1.14 bits per heavy atom. The second kappa shape index (κ2) is 6.47. The van der Waals surface area contributed by atoms with Crippen LogP contribution in [-0.2, 0) is 17.5 Å². The van der Waals surface area contributed by atoms with E-state index < -0.39 is 17.7 Å². The van der Waals surface area contributed by atoms with Crippen LogP contribution in [0.5, 0.6) is 0 Å². The zero-order valence-electron chi connectivity index (χ0n) is 12.4. The van der Waals surface area contributed by atoms with E-state index in [4.69, 9.17) is 5.11 Å². The molecule has 1 aromatic rings. The molecule has 3 nitrogen and oxygen atoms in total. The maximum atomic E-state index is 12.5. The number of aliphatic carboxylic acids is 1. The lowest BCUT2D eigenvalue weighted by Gasteiger charge is -2.35. The summed E-state index contributed by atoms with van der Waals surface area (Å²) in [5, 5.41) is 8.77. The van der Waals surface area contributed by atoms with Gasteiger partial charge < -0.3 is 5.11 Å². The van der Waals surface area contributed by atoms with Crippen LogP contribution in [-0.4, -0.2) is 28.1 Å². The van der Waals surface area contributed by atoms with Crippen molar-refractivity contribution < 1.29 is 23.1 Å². The van der Waals surface area contributed by atoms with Crippen molar-refractivity contribution in [3.63, 3.8) is 0 Å². The van der Waals surface area contributed by atoms with Crippen molar-refractivity contribution in [1.29, 1.82) is 0 Å². The molecule has 1 N–H and O–H groups in total. The van der Waals surface area contributed by atoms with Gasteiger partial charge in [-0.1, -0.05) is 12.1 Å². The van der Waals surface area contributed by atoms with Crippen molar-refractivity contribution >= 4 is 5.97 Å². The van der Waals surface area contributed by atoms with E-state index in [1.165, 1.54) is 12.1 Å². The molecule has 1 rings (SSSR count). The van der Waals surface area contributed by atoms with E-state index in [2.05, 4.69) is 0 Å². The van der Waals surface area contributed by atoms with Crippen LogP contribution in [0.15, 0.2) is 24.3 Å². The minimum atomic E-state index is -4.34. The van der Waals surface area contributed by atoms with Gasteiger partial charge in [0.05, 0.1) is 12.0 Å². The average molecular weight is 303 g/mol. The number of alkyl halides is 3. The molecule has 6 heteroatoms. The van der Waals surface area contributed by atoms with Crippen molar-refractivity contribution in [2.45, 2.75) is 45.5 Å². The maximum absolute atomic E-state index is 12.5. The second-order valence-corrected chi connectivity index (χ2v) is 5.93. The Balaban J connectivity index is 2.81. The molecule has 0 aliphatic rings. The smallest absolute Gasteiger partial charge is 0.416 e. The molecule has 0 bridgehead atoms. The van der Waals surface area contributed by atoms with Gasteiger partial charge in [0.25, 0.3) is 0 Å². The predicted molar refractivity (Wildman–Crippen MR) is 73.9 cm³/mol. The third-order valence-electron chi connectivity index (χ3n) is 3.20. The number of carbonyl (C=O) groups is 1. The first kappa shape index (κ1) is 17.5. The summed E-state index contributed by atoms with van der Waals surface area (Å²) < 4.78 is 37.5. The van der Waals surface area contributed by atoms with Crippen LogP contribution in [0.4, 0.5) is 13.2 Å². The summed E-state index contributed by atoms with van der Waals surface area (Å²) >= 11 is 0. The molecule has 0 unspecified atom stereocenters. The summed E-state index contributed by atoms with van der Waals surface area (Å²) in [6.45, 7) is 6.59. The van der Waals surface area contributed by atoms with E-state index in [0.717, 1.165) is 17.7 Å². The summed E-state index contributed by atoms with van der Waals surface area (Å²) in [6, 6.07) is 4.96. The lowest BCUT2D eigenvalue weighted by Crippen LogP contribution is -2.42. The Morgan fingerprint density at radius 3 is 2.05 bits per heavy atom. The van der Waals surface area contributed by atoms with E-state index in [9.17, 15) is 18.0 Å². The third-order valence-corrected chi connectivity index (χ3v) is 3.20. The number of rotatable bonds is 5. The van der Waals surface area contributed by atoms with Crippen LogP contribution in [0.1, 0.15) is 38.3 Å². The van der Waals surface area contributed by atoms with E-state index in [0.29, 0.717) is 13.1 Å². The highest BCUT2D eigenvalue weighted by Crippen LogP contribution is 2.29. The fourth-order valence-electron chi connectivity index (χ4n) is 1.90. The number of hydrogen-bond acceptors (Lipinski definition) is 2. The van der Waals surface area contributed by atoms with Crippen LogP contribution in [0.25, 0.3) is 0 Å². The zero-order chi connectivity index (χ0) is 16.3. The summed E-state index contributed by atoms with van der Waals surface area (Å²) in [7, 11) is 0. The molecule has 0 amide bonds. The molecule has 0 saturated heterocycles. The quantitative estimate of drug-likeness (QED) is 0.900. The van der Waals surface area contributed by atoms with Gasteiger partial charge in [-0.05, 0) is 38.5 Å². The Kier molecular flexibility index (Phi) is 5.39.